The Bertz CT molecular complexity index is 1250. The number of aromatic nitrogens is 4. The summed E-state index contributed by atoms with van der Waals surface area (Å²) in [6, 6.07) is 7.66. The maximum atomic E-state index is 13.8. The Morgan fingerprint density at radius 1 is 0.933 bits per heavy atom. The molecule has 2 aromatic carbocycles. The number of nitrogens with one attached hydrogen (secondary N) is 1. The zero-order valence-corrected chi connectivity index (χ0v) is 15.3. The van der Waals surface area contributed by atoms with E-state index >= 15 is 0 Å². The summed E-state index contributed by atoms with van der Waals surface area (Å²) in [7, 11) is 0. The van der Waals surface area contributed by atoms with E-state index in [4.69, 9.17) is 5.73 Å². The fourth-order valence-corrected chi connectivity index (χ4v) is 2.98. The third-order valence-electron chi connectivity index (χ3n) is 4.29. The lowest BCUT2D eigenvalue weighted by Crippen LogP contribution is -2.07. The van der Waals surface area contributed by atoms with Gasteiger partial charge < -0.3 is 11.1 Å². The lowest BCUT2D eigenvalue weighted by molar-refractivity contribution is -0.137. The molecule has 11 heteroatoms. The van der Waals surface area contributed by atoms with Crippen molar-refractivity contribution < 1.29 is 22.0 Å². The first-order chi connectivity index (χ1) is 14.1. The number of fused-ring (bicyclic) bond motifs is 1. The van der Waals surface area contributed by atoms with Crippen molar-refractivity contribution in [1.29, 1.82) is 0 Å². The van der Waals surface area contributed by atoms with E-state index in [2.05, 4.69) is 20.3 Å². The highest BCUT2D eigenvalue weighted by Gasteiger charge is 2.30. The highest BCUT2D eigenvalue weighted by molar-refractivity contribution is 5.78. The van der Waals surface area contributed by atoms with E-state index in [-0.39, 0.29) is 28.6 Å². The fourth-order valence-electron chi connectivity index (χ4n) is 2.98. The average Bonchev–Trinajstić information content (AvgIpc) is 2.96. The van der Waals surface area contributed by atoms with E-state index in [9.17, 15) is 22.0 Å². The first kappa shape index (κ1) is 19.6. The van der Waals surface area contributed by atoms with Gasteiger partial charge in [-0.3, -0.25) is 4.57 Å². The molecule has 0 aliphatic heterocycles. The smallest absolute Gasteiger partial charge is 0.383 e. The number of hydrogen-bond donors (Lipinski definition) is 2. The highest BCUT2D eigenvalue weighted by Crippen LogP contribution is 2.30. The first-order valence-electron chi connectivity index (χ1n) is 8.55. The van der Waals surface area contributed by atoms with Gasteiger partial charge in [0, 0.05) is 23.9 Å². The second-order valence-corrected chi connectivity index (χ2v) is 6.42. The minimum absolute atomic E-state index is 0.00796. The van der Waals surface area contributed by atoms with Gasteiger partial charge in [-0.1, -0.05) is 0 Å². The molecule has 0 saturated heterocycles. The number of rotatable bonds is 3. The van der Waals surface area contributed by atoms with Crippen LogP contribution in [0.3, 0.4) is 0 Å². The molecule has 4 rings (SSSR count). The Hall–Kier alpha value is -3.76. The van der Waals surface area contributed by atoms with Crippen molar-refractivity contribution >= 4 is 28.5 Å². The molecular weight excluding hydrogens is 407 g/mol. The van der Waals surface area contributed by atoms with Gasteiger partial charge in [0.2, 0.25) is 5.95 Å². The molecule has 0 radical (unpaired) electrons. The van der Waals surface area contributed by atoms with Gasteiger partial charge in [-0.05, 0) is 31.2 Å². The third-order valence-corrected chi connectivity index (χ3v) is 4.29. The highest BCUT2D eigenvalue weighted by atomic mass is 19.4. The van der Waals surface area contributed by atoms with Crippen molar-refractivity contribution in [1.82, 2.24) is 19.5 Å². The molecule has 0 spiro atoms. The predicted octanol–water partition coefficient (Wildman–Crippen LogP) is 4.75. The Balaban J connectivity index is 1.73. The standard InChI is InChI=1S/C19H13F5N6/c1-9-26-14-6-12(20)13(21)7-15(14)30(9)17-8-16(25)28-18(29-17)27-11-4-2-10(3-5-11)19(22,23)24/h2-8H,1H3,(H3,25,27,28,29). The van der Waals surface area contributed by atoms with Gasteiger partial charge in [0.25, 0.3) is 0 Å². The SMILES string of the molecule is Cc1nc2cc(F)c(F)cc2n1-c1cc(N)nc(Nc2ccc(C(F)(F)F)cc2)n1. The summed E-state index contributed by atoms with van der Waals surface area (Å²) >= 11 is 0. The van der Waals surface area contributed by atoms with Crippen molar-refractivity contribution in [2.24, 2.45) is 0 Å². The summed E-state index contributed by atoms with van der Waals surface area (Å²) in [5.41, 5.74) is 5.84. The van der Waals surface area contributed by atoms with Crippen molar-refractivity contribution in [2.75, 3.05) is 11.1 Å². The van der Waals surface area contributed by atoms with Gasteiger partial charge in [0.05, 0.1) is 16.6 Å². The molecule has 0 unspecified atom stereocenters. The van der Waals surface area contributed by atoms with Crippen molar-refractivity contribution in [2.45, 2.75) is 13.1 Å². The summed E-state index contributed by atoms with van der Waals surface area (Å²) in [6.45, 7) is 1.62. The van der Waals surface area contributed by atoms with Crippen LogP contribution in [0.1, 0.15) is 11.4 Å². The number of nitrogens with zero attached hydrogens (tertiary/aromatic N) is 4. The Kier molecular flexibility index (Phi) is 4.52. The maximum Gasteiger partial charge on any atom is 0.416 e. The van der Waals surface area contributed by atoms with Crippen LogP contribution in [0.5, 0.6) is 0 Å². The summed E-state index contributed by atoms with van der Waals surface area (Å²) in [4.78, 5) is 12.5. The molecular formula is C19H13F5N6. The first-order valence-corrected chi connectivity index (χ1v) is 8.55. The summed E-state index contributed by atoms with van der Waals surface area (Å²) in [5, 5.41) is 2.78. The van der Waals surface area contributed by atoms with Crippen molar-refractivity contribution in [3.05, 3.63) is 65.5 Å². The van der Waals surface area contributed by atoms with Crippen molar-refractivity contribution in [3.8, 4) is 5.82 Å². The number of hydrogen-bond acceptors (Lipinski definition) is 5. The van der Waals surface area contributed by atoms with E-state index in [1.165, 1.54) is 22.8 Å². The molecule has 30 heavy (non-hydrogen) atoms. The molecule has 0 fully saturated rings. The van der Waals surface area contributed by atoms with Gasteiger partial charge in [-0.25, -0.2) is 13.8 Å². The topological polar surface area (TPSA) is 81.7 Å². The fraction of sp³-hybridized carbons (Fsp3) is 0.105. The summed E-state index contributed by atoms with van der Waals surface area (Å²) < 4.78 is 66.9. The second kappa shape index (κ2) is 6.94. The van der Waals surface area contributed by atoms with E-state index in [1.54, 1.807) is 6.92 Å². The molecule has 2 aromatic heterocycles. The zero-order valence-electron chi connectivity index (χ0n) is 15.3. The molecule has 154 valence electrons. The predicted molar refractivity (Wildman–Crippen MR) is 100 cm³/mol. The minimum atomic E-state index is -4.45. The monoisotopic (exact) mass is 420 g/mol. The number of halogens is 5. The molecule has 0 amide bonds. The number of aryl methyl sites for hydroxylation is 1. The van der Waals surface area contributed by atoms with Crippen LogP contribution in [0.25, 0.3) is 16.9 Å². The summed E-state index contributed by atoms with van der Waals surface area (Å²) in [5.74, 6) is -1.39. The number of nitrogen functional groups attached to an aromatic ring is 1. The van der Waals surface area contributed by atoms with Crippen LogP contribution >= 0.6 is 0 Å². The Labute approximate surface area is 166 Å². The molecule has 6 nitrogen and oxygen atoms in total. The lowest BCUT2D eigenvalue weighted by Gasteiger charge is -2.11. The van der Waals surface area contributed by atoms with Gasteiger partial charge in [0.15, 0.2) is 11.6 Å². The normalized spacial score (nSPS) is 11.8. The number of imidazole rings is 1. The Morgan fingerprint density at radius 3 is 2.27 bits per heavy atom. The van der Waals surface area contributed by atoms with Crippen LogP contribution in [-0.4, -0.2) is 19.5 Å². The van der Waals surface area contributed by atoms with Crippen molar-refractivity contribution in [3.63, 3.8) is 0 Å². The molecule has 0 aliphatic carbocycles. The Morgan fingerprint density at radius 2 is 1.60 bits per heavy atom. The van der Waals surface area contributed by atoms with Crippen LogP contribution in [0.2, 0.25) is 0 Å². The molecule has 3 N–H and O–H groups in total. The van der Waals surface area contributed by atoms with Gasteiger partial charge >= 0.3 is 6.18 Å². The largest absolute Gasteiger partial charge is 0.416 e. The van der Waals surface area contributed by atoms with E-state index in [0.717, 1.165) is 24.3 Å². The van der Waals surface area contributed by atoms with Crippen LogP contribution < -0.4 is 11.1 Å². The number of anilines is 3. The van der Waals surface area contributed by atoms with Crippen LogP contribution in [0, 0.1) is 18.6 Å². The van der Waals surface area contributed by atoms with Crippen LogP contribution in [-0.2, 0) is 6.18 Å². The van der Waals surface area contributed by atoms with Crippen LogP contribution in [0.4, 0.5) is 39.4 Å². The van der Waals surface area contributed by atoms with Gasteiger partial charge in [0.1, 0.15) is 17.5 Å². The van der Waals surface area contributed by atoms with Gasteiger partial charge in [-0.2, -0.15) is 23.1 Å². The molecule has 0 saturated carbocycles. The zero-order chi connectivity index (χ0) is 21.6. The number of benzene rings is 2. The molecule has 0 atom stereocenters. The average molecular weight is 420 g/mol. The van der Waals surface area contributed by atoms with Crippen LogP contribution in [0.15, 0.2) is 42.5 Å². The second-order valence-electron chi connectivity index (χ2n) is 6.42. The lowest BCUT2D eigenvalue weighted by atomic mass is 10.2. The van der Waals surface area contributed by atoms with E-state index < -0.39 is 23.4 Å². The molecule has 0 bridgehead atoms. The van der Waals surface area contributed by atoms with E-state index in [1.807, 2.05) is 0 Å². The quantitative estimate of drug-likeness (QED) is 0.468. The summed E-state index contributed by atoms with van der Waals surface area (Å²) in [6.07, 6.45) is -4.45. The maximum absolute atomic E-state index is 13.8. The third kappa shape index (κ3) is 3.61. The number of nitrogens with two attached hydrogens (primary N) is 1. The molecule has 4 aromatic rings. The minimum Gasteiger partial charge on any atom is -0.383 e. The number of alkyl halides is 3. The van der Waals surface area contributed by atoms with Gasteiger partial charge in [-0.15, -0.1) is 0 Å². The van der Waals surface area contributed by atoms with E-state index in [0.29, 0.717) is 11.5 Å². The molecule has 0 aliphatic rings. The molecule has 2 heterocycles.